The molecule has 0 aromatic heterocycles. The maximum Gasteiger partial charge on any atom is 0.0568 e. The molecule has 0 spiro atoms. The van der Waals surface area contributed by atoms with Crippen LogP contribution in [-0.2, 0) is 6.42 Å². The number of benzene rings is 1. The van der Waals surface area contributed by atoms with Crippen LogP contribution in [0.1, 0.15) is 25.3 Å². The van der Waals surface area contributed by atoms with E-state index < -0.39 is 0 Å². The van der Waals surface area contributed by atoms with Crippen molar-refractivity contribution in [1.82, 2.24) is 0 Å². The second kappa shape index (κ2) is 4.95. The summed E-state index contributed by atoms with van der Waals surface area (Å²) in [4.78, 5) is 0. The van der Waals surface area contributed by atoms with E-state index in [2.05, 4.69) is 6.92 Å². The molecule has 0 radical (unpaired) electrons. The molecular formula is C13H16Cl2O. The Morgan fingerprint density at radius 2 is 2.06 bits per heavy atom. The lowest BCUT2D eigenvalue weighted by Gasteiger charge is -2.18. The Balaban J connectivity index is 2.12. The first kappa shape index (κ1) is 12.2. The number of halogens is 2. The Morgan fingerprint density at radius 3 is 2.69 bits per heavy atom. The zero-order valence-corrected chi connectivity index (χ0v) is 10.8. The van der Waals surface area contributed by atoms with Crippen molar-refractivity contribution >= 4 is 23.2 Å². The van der Waals surface area contributed by atoms with Crippen molar-refractivity contribution in [1.29, 1.82) is 0 Å². The van der Waals surface area contributed by atoms with E-state index in [4.69, 9.17) is 23.2 Å². The van der Waals surface area contributed by atoms with E-state index in [0.29, 0.717) is 11.8 Å². The van der Waals surface area contributed by atoms with Gasteiger partial charge in [0, 0.05) is 10.0 Å². The molecule has 16 heavy (non-hydrogen) atoms. The molecule has 3 unspecified atom stereocenters. The first-order chi connectivity index (χ1) is 7.58. The Labute approximate surface area is 106 Å². The summed E-state index contributed by atoms with van der Waals surface area (Å²) < 4.78 is 0. The smallest absolute Gasteiger partial charge is 0.0568 e. The third kappa shape index (κ3) is 2.53. The molecule has 1 saturated carbocycles. The summed E-state index contributed by atoms with van der Waals surface area (Å²) in [7, 11) is 0. The SMILES string of the molecule is CC1C(O)CCC1Cc1cc(Cl)ccc1Cl. The normalized spacial score (nSPS) is 29.6. The zero-order chi connectivity index (χ0) is 11.7. The summed E-state index contributed by atoms with van der Waals surface area (Å²) in [6.07, 6.45) is 2.75. The molecule has 1 aromatic rings. The third-order valence-corrected chi connectivity index (χ3v) is 4.28. The van der Waals surface area contributed by atoms with Crippen molar-refractivity contribution in [2.75, 3.05) is 0 Å². The van der Waals surface area contributed by atoms with E-state index in [9.17, 15) is 5.11 Å². The molecule has 0 amide bonds. The monoisotopic (exact) mass is 258 g/mol. The molecule has 0 bridgehead atoms. The van der Waals surface area contributed by atoms with Crippen molar-refractivity contribution in [3.05, 3.63) is 33.8 Å². The number of hydrogen-bond acceptors (Lipinski definition) is 1. The molecule has 0 heterocycles. The van der Waals surface area contributed by atoms with Gasteiger partial charge in [-0.15, -0.1) is 0 Å². The van der Waals surface area contributed by atoms with Gasteiger partial charge in [0.15, 0.2) is 0 Å². The number of rotatable bonds is 2. The van der Waals surface area contributed by atoms with E-state index in [0.717, 1.165) is 34.9 Å². The van der Waals surface area contributed by atoms with Crippen LogP contribution in [0.5, 0.6) is 0 Å². The number of aliphatic hydroxyl groups is 1. The molecule has 1 fully saturated rings. The van der Waals surface area contributed by atoms with Gasteiger partial charge in [0.05, 0.1) is 6.10 Å². The minimum Gasteiger partial charge on any atom is -0.393 e. The summed E-state index contributed by atoms with van der Waals surface area (Å²) in [5, 5.41) is 11.2. The highest BCUT2D eigenvalue weighted by Crippen LogP contribution is 2.35. The van der Waals surface area contributed by atoms with Gasteiger partial charge in [-0.05, 0) is 54.9 Å². The van der Waals surface area contributed by atoms with E-state index in [1.54, 1.807) is 6.07 Å². The lowest BCUT2D eigenvalue weighted by Crippen LogP contribution is -2.17. The Hall–Kier alpha value is -0.240. The number of hydrogen-bond donors (Lipinski definition) is 1. The van der Waals surface area contributed by atoms with Gasteiger partial charge in [0.1, 0.15) is 0 Å². The van der Waals surface area contributed by atoms with Crippen LogP contribution in [0.15, 0.2) is 18.2 Å². The van der Waals surface area contributed by atoms with Crippen LogP contribution in [0.25, 0.3) is 0 Å². The fourth-order valence-corrected chi connectivity index (χ4v) is 2.88. The second-order valence-corrected chi connectivity index (χ2v) is 5.55. The maximum absolute atomic E-state index is 9.71. The van der Waals surface area contributed by atoms with Gasteiger partial charge in [0.25, 0.3) is 0 Å². The lowest BCUT2D eigenvalue weighted by atomic mass is 9.90. The summed E-state index contributed by atoms with van der Waals surface area (Å²) >= 11 is 12.1. The lowest BCUT2D eigenvalue weighted by molar-refractivity contribution is 0.127. The van der Waals surface area contributed by atoms with Crippen LogP contribution >= 0.6 is 23.2 Å². The molecule has 88 valence electrons. The standard InChI is InChI=1S/C13H16Cl2O/c1-8-9(2-5-13(8)16)6-10-7-11(14)3-4-12(10)15/h3-4,7-9,13,16H,2,5-6H2,1H3. The third-order valence-electron chi connectivity index (χ3n) is 3.67. The zero-order valence-electron chi connectivity index (χ0n) is 9.29. The molecule has 1 aromatic carbocycles. The quantitative estimate of drug-likeness (QED) is 0.852. The molecule has 3 heteroatoms. The van der Waals surface area contributed by atoms with E-state index in [1.807, 2.05) is 12.1 Å². The highest BCUT2D eigenvalue weighted by atomic mass is 35.5. The van der Waals surface area contributed by atoms with Crippen LogP contribution in [0.3, 0.4) is 0 Å². The fourth-order valence-electron chi connectivity index (χ4n) is 2.49. The van der Waals surface area contributed by atoms with Gasteiger partial charge >= 0.3 is 0 Å². The number of aliphatic hydroxyl groups excluding tert-OH is 1. The molecule has 2 rings (SSSR count). The fraction of sp³-hybridized carbons (Fsp3) is 0.538. The highest BCUT2D eigenvalue weighted by Gasteiger charge is 2.31. The minimum absolute atomic E-state index is 0.150. The van der Waals surface area contributed by atoms with Crippen molar-refractivity contribution in [2.24, 2.45) is 11.8 Å². The van der Waals surface area contributed by atoms with Crippen LogP contribution in [0.2, 0.25) is 10.0 Å². The first-order valence-corrected chi connectivity index (χ1v) is 6.45. The predicted octanol–water partition coefficient (Wildman–Crippen LogP) is 3.94. The van der Waals surface area contributed by atoms with E-state index >= 15 is 0 Å². The average Bonchev–Trinajstić information content (AvgIpc) is 2.55. The molecule has 0 aliphatic heterocycles. The summed E-state index contributed by atoms with van der Waals surface area (Å²) in [5.74, 6) is 0.876. The highest BCUT2D eigenvalue weighted by molar-refractivity contribution is 6.33. The molecule has 1 nitrogen and oxygen atoms in total. The molecule has 1 aliphatic rings. The van der Waals surface area contributed by atoms with Crippen molar-refractivity contribution in [3.8, 4) is 0 Å². The maximum atomic E-state index is 9.71. The summed E-state index contributed by atoms with van der Waals surface area (Å²) in [6, 6.07) is 5.58. The molecular weight excluding hydrogens is 243 g/mol. The van der Waals surface area contributed by atoms with Crippen molar-refractivity contribution in [3.63, 3.8) is 0 Å². The van der Waals surface area contributed by atoms with E-state index in [1.165, 1.54) is 0 Å². The average molecular weight is 259 g/mol. The Bertz CT molecular complexity index is 378. The minimum atomic E-state index is -0.150. The van der Waals surface area contributed by atoms with Gasteiger partial charge in [-0.2, -0.15) is 0 Å². The van der Waals surface area contributed by atoms with Gasteiger partial charge in [-0.3, -0.25) is 0 Å². The van der Waals surface area contributed by atoms with Gasteiger partial charge in [0.2, 0.25) is 0 Å². The second-order valence-electron chi connectivity index (χ2n) is 4.70. The van der Waals surface area contributed by atoms with Crippen LogP contribution in [0.4, 0.5) is 0 Å². The van der Waals surface area contributed by atoms with Crippen LogP contribution < -0.4 is 0 Å². The summed E-state index contributed by atoms with van der Waals surface area (Å²) in [6.45, 7) is 2.11. The summed E-state index contributed by atoms with van der Waals surface area (Å²) in [5.41, 5.74) is 1.10. The topological polar surface area (TPSA) is 20.2 Å². The van der Waals surface area contributed by atoms with Crippen molar-refractivity contribution in [2.45, 2.75) is 32.3 Å². The van der Waals surface area contributed by atoms with Gasteiger partial charge < -0.3 is 5.11 Å². The van der Waals surface area contributed by atoms with Gasteiger partial charge in [-0.25, -0.2) is 0 Å². The predicted molar refractivity (Wildman–Crippen MR) is 68.1 cm³/mol. The first-order valence-electron chi connectivity index (χ1n) is 5.70. The Morgan fingerprint density at radius 1 is 1.31 bits per heavy atom. The molecule has 1 N–H and O–H groups in total. The molecule has 1 aliphatic carbocycles. The van der Waals surface area contributed by atoms with Gasteiger partial charge in [-0.1, -0.05) is 30.1 Å². The van der Waals surface area contributed by atoms with Crippen molar-refractivity contribution < 1.29 is 5.11 Å². The molecule has 0 saturated heterocycles. The molecule has 3 atom stereocenters. The largest absolute Gasteiger partial charge is 0.393 e. The van der Waals surface area contributed by atoms with Crippen LogP contribution in [0, 0.1) is 11.8 Å². The van der Waals surface area contributed by atoms with E-state index in [-0.39, 0.29) is 6.10 Å². The van der Waals surface area contributed by atoms with Crippen LogP contribution in [-0.4, -0.2) is 11.2 Å². The Kier molecular flexibility index (Phi) is 3.78.